The van der Waals surface area contributed by atoms with E-state index < -0.39 is 0 Å². The Morgan fingerprint density at radius 2 is 0.568 bits per heavy atom. The molecule has 0 aromatic heterocycles. The van der Waals surface area contributed by atoms with Gasteiger partial charge in [-0.25, -0.2) is 0 Å². The molecule has 0 radical (unpaired) electrons. The number of benzene rings is 6. The summed E-state index contributed by atoms with van der Waals surface area (Å²) in [6.07, 6.45) is 0. The molecule has 214 valence electrons. The van der Waals surface area contributed by atoms with Crippen LogP contribution in [0.5, 0.6) is 34.5 Å². The van der Waals surface area contributed by atoms with E-state index in [0.717, 1.165) is 11.1 Å². The van der Waals surface area contributed by atoms with E-state index in [1.807, 2.05) is 24.3 Å². The second-order valence-electron chi connectivity index (χ2n) is 10.1. The van der Waals surface area contributed by atoms with Gasteiger partial charge in [0, 0.05) is 22.3 Å². The molecule has 44 heavy (non-hydrogen) atoms. The molecule has 6 rings (SSSR count). The number of carbonyl (C=O) groups is 2. The normalized spacial score (nSPS) is 10.6. The van der Waals surface area contributed by atoms with Gasteiger partial charge in [-0.2, -0.15) is 0 Å². The highest BCUT2D eigenvalue weighted by molar-refractivity contribution is 6.10. The number of carbonyl (C=O) groups excluding carboxylic acids is 2. The fourth-order valence-electron chi connectivity index (χ4n) is 4.61. The van der Waals surface area contributed by atoms with Gasteiger partial charge in [-0.1, -0.05) is 48.5 Å². The molecule has 6 nitrogen and oxygen atoms in total. The van der Waals surface area contributed by atoms with E-state index in [9.17, 15) is 19.8 Å². The predicted molar refractivity (Wildman–Crippen MR) is 168 cm³/mol. The first-order chi connectivity index (χ1) is 21.4. The molecule has 0 aliphatic rings. The van der Waals surface area contributed by atoms with E-state index in [1.165, 1.54) is 0 Å². The predicted octanol–water partition coefficient (Wildman–Crippen LogP) is 8.81. The minimum Gasteiger partial charge on any atom is -0.508 e. The van der Waals surface area contributed by atoms with E-state index in [0.29, 0.717) is 45.3 Å². The summed E-state index contributed by atoms with van der Waals surface area (Å²) in [6.45, 7) is 0. The smallest absolute Gasteiger partial charge is 0.193 e. The van der Waals surface area contributed by atoms with Gasteiger partial charge in [-0.3, -0.25) is 9.59 Å². The third kappa shape index (κ3) is 6.50. The highest BCUT2D eigenvalue weighted by Crippen LogP contribution is 2.27. The monoisotopic (exact) mass is 578 g/mol. The second kappa shape index (κ2) is 12.4. The standard InChI is InChI=1S/C38H26O6/c39-31-13-21-35(22-14-31)43-33-17-9-29(10-18-33)37(41)27-5-1-25(2-6-27)26-3-7-28(8-4-26)38(42)30-11-19-34(20-12-30)44-36-23-15-32(40)16-24-36/h1-24,39-40H. The van der Waals surface area contributed by atoms with Crippen molar-refractivity contribution in [3.8, 4) is 45.6 Å². The first-order valence-corrected chi connectivity index (χ1v) is 13.9. The van der Waals surface area contributed by atoms with Crippen molar-refractivity contribution < 1.29 is 29.3 Å². The topological polar surface area (TPSA) is 93.1 Å². The summed E-state index contributed by atoms with van der Waals surface area (Å²) in [4.78, 5) is 26.1. The van der Waals surface area contributed by atoms with Crippen LogP contribution >= 0.6 is 0 Å². The average molecular weight is 579 g/mol. The van der Waals surface area contributed by atoms with E-state index in [-0.39, 0.29) is 23.1 Å². The van der Waals surface area contributed by atoms with Crippen molar-refractivity contribution >= 4 is 11.6 Å². The van der Waals surface area contributed by atoms with Crippen LogP contribution in [-0.2, 0) is 0 Å². The largest absolute Gasteiger partial charge is 0.508 e. The molecule has 0 atom stereocenters. The van der Waals surface area contributed by atoms with Crippen molar-refractivity contribution in [3.63, 3.8) is 0 Å². The minimum atomic E-state index is -0.104. The number of ketones is 2. The van der Waals surface area contributed by atoms with Gasteiger partial charge in [-0.05, 0) is 108 Å². The van der Waals surface area contributed by atoms with Gasteiger partial charge >= 0.3 is 0 Å². The summed E-state index contributed by atoms with van der Waals surface area (Å²) in [5.41, 5.74) is 4.05. The molecule has 0 unspecified atom stereocenters. The van der Waals surface area contributed by atoms with E-state index in [1.54, 1.807) is 121 Å². The number of aromatic hydroxyl groups is 2. The van der Waals surface area contributed by atoms with Crippen LogP contribution in [0.2, 0.25) is 0 Å². The average Bonchev–Trinajstić information content (AvgIpc) is 3.07. The van der Waals surface area contributed by atoms with E-state index in [2.05, 4.69) is 0 Å². The van der Waals surface area contributed by atoms with Crippen LogP contribution < -0.4 is 9.47 Å². The molecule has 6 aromatic rings. The number of ether oxygens (including phenoxy) is 2. The summed E-state index contributed by atoms with van der Waals surface area (Å²) >= 11 is 0. The fourth-order valence-corrected chi connectivity index (χ4v) is 4.61. The summed E-state index contributed by atoms with van der Waals surface area (Å²) in [6, 6.07) is 41.4. The molecule has 0 amide bonds. The molecule has 0 aliphatic carbocycles. The maximum atomic E-state index is 13.1. The molecular weight excluding hydrogens is 552 g/mol. The highest BCUT2D eigenvalue weighted by atomic mass is 16.5. The molecule has 6 heteroatoms. The van der Waals surface area contributed by atoms with Crippen molar-refractivity contribution in [2.24, 2.45) is 0 Å². The second-order valence-corrected chi connectivity index (χ2v) is 10.1. The lowest BCUT2D eigenvalue weighted by atomic mass is 9.97. The number of rotatable bonds is 9. The number of hydrogen-bond donors (Lipinski definition) is 2. The number of hydrogen-bond acceptors (Lipinski definition) is 6. The van der Waals surface area contributed by atoms with Crippen LogP contribution in [-0.4, -0.2) is 21.8 Å². The van der Waals surface area contributed by atoms with Gasteiger partial charge in [-0.15, -0.1) is 0 Å². The lowest BCUT2D eigenvalue weighted by Crippen LogP contribution is -2.01. The molecule has 0 spiro atoms. The van der Waals surface area contributed by atoms with Gasteiger partial charge in [0.25, 0.3) is 0 Å². The Hall–Kier alpha value is -6.14. The van der Waals surface area contributed by atoms with Crippen LogP contribution in [0.3, 0.4) is 0 Å². The van der Waals surface area contributed by atoms with Crippen LogP contribution in [0.1, 0.15) is 31.8 Å². The molecule has 0 saturated heterocycles. The van der Waals surface area contributed by atoms with Crippen LogP contribution in [0.15, 0.2) is 146 Å². The van der Waals surface area contributed by atoms with Gasteiger partial charge in [0.05, 0.1) is 0 Å². The van der Waals surface area contributed by atoms with Gasteiger partial charge in [0.15, 0.2) is 11.6 Å². The maximum Gasteiger partial charge on any atom is 0.193 e. The van der Waals surface area contributed by atoms with Crippen LogP contribution in [0, 0.1) is 0 Å². The minimum absolute atomic E-state index is 0.104. The van der Waals surface area contributed by atoms with Crippen molar-refractivity contribution in [1.29, 1.82) is 0 Å². The molecular formula is C38H26O6. The number of phenolic OH excluding ortho intramolecular Hbond substituents is 2. The molecule has 6 aromatic carbocycles. The third-order valence-electron chi connectivity index (χ3n) is 7.01. The van der Waals surface area contributed by atoms with Crippen molar-refractivity contribution in [1.82, 2.24) is 0 Å². The zero-order valence-corrected chi connectivity index (χ0v) is 23.4. The summed E-state index contributed by atoms with van der Waals surface area (Å²) in [7, 11) is 0. The molecule has 0 heterocycles. The van der Waals surface area contributed by atoms with E-state index in [4.69, 9.17) is 9.47 Å². The van der Waals surface area contributed by atoms with Crippen LogP contribution in [0.25, 0.3) is 11.1 Å². The Bertz CT molecular complexity index is 1750. The van der Waals surface area contributed by atoms with Crippen molar-refractivity contribution in [2.75, 3.05) is 0 Å². The first kappa shape index (κ1) is 28.0. The zero-order chi connectivity index (χ0) is 30.5. The number of phenols is 2. The van der Waals surface area contributed by atoms with Gasteiger partial charge < -0.3 is 19.7 Å². The Labute approximate surface area is 254 Å². The molecule has 2 N–H and O–H groups in total. The lowest BCUT2D eigenvalue weighted by Gasteiger charge is -2.08. The maximum absolute atomic E-state index is 13.1. The van der Waals surface area contributed by atoms with Gasteiger partial charge in [0.2, 0.25) is 0 Å². The Balaban J connectivity index is 1.08. The third-order valence-corrected chi connectivity index (χ3v) is 7.01. The van der Waals surface area contributed by atoms with Crippen LogP contribution in [0.4, 0.5) is 0 Å². The Kier molecular flexibility index (Phi) is 7.88. The lowest BCUT2D eigenvalue weighted by molar-refractivity contribution is 0.103. The molecule has 0 aliphatic heterocycles. The summed E-state index contributed by atoms with van der Waals surface area (Å²) < 4.78 is 11.5. The van der Waals surface area contributed by atoms with Crippen molar-refractivity contribution in [3.05, 3.63) is 168 Å². The fraction of sp³-hybridized carbons (Fsp3) is 0. The Morgan fingerprint density at radius 3 is 0.841 bits per heavy atom. The molecule has 0 saturated carbocycles. The molecule has 0 fully saturated rings. The molecule has 0 bridgehead atoms. The highest BCUT2D eigenvalue weighted by Gasteiger charge is 2.12. The zero-order valence-electron chi connectivity index (χ0n) is 23.4. The van der Waals surface area contributed by atoms with Gasteiger partial charge in [0.1, 0.15) is 34.5 Å². The van der Waals surface area contributed by atoms with E-state index >= 15 is 0 Å². The Morgan fingerprint density at radius 1 is 0.341 bits per heavy atom. The quantitative estimate of drug-likeness (QED) is 0.167. The first-order valence-electron chi connectivity index (χ1n) is 13.9. The SMILES string of the molecule is O=C(c1ccc(Oc2ccc(O)cc2)cc1)c1ccc(-c2ccc(C(=O)c3ccc(Oc4ccc(O)cc4)cc3)cc2)cc1. The van der Waals surface area contributed by atoms with Crippen molar-refractivity contribution in [2.45, 2.75) is 0 Å². The summed E-state index contributed by atoms with van der Waals surface area (Å²) in [5.74, 6) is 2.45. The summed E-state index contributed by atoms with van der Waals surface area (Å²) in [5, 5.41) is 18.8.